The third-order valence-corrected chi connectivity index (χ3v) is 4.89. The van der Waals surface area contributed by atoms with Crippen molar-refractivity contribution in [2.45, 2.75) is 32.1 Å². The van der Waals surface area contributed by atoms with Gasteiger partial charge in [0.15, 0.2) is 0 Å². The minimum absolute atomic E-state index is 0.910. The van der Waals surface area contributed by atoms with Crippen molar-refractivity contribution in [2.75, 3.05) is 43.4 Å². The summed E-state index contributed by atoms with van der Waals surface area (Å²) in [4.78, 5) is 5.10. The maximum Gasteiger partial charge on any atom is 0.0600 e. The number of para-hydroxylation sites is 2. The molecule has 0 radical (unpaired) electrons. The quantitative estimate of drug-likeness (QED) is 0.859. The molecule has 3 rings (SSSR count). The average molecular weight is 273 g/mol. The highest BCUT2D eigenvalue weighted by Crippen LogP contribution is 2.26. The average Bonchev–Trinajstić information content (AvgIpc) is 2.50. The van der Waals surface area contributed by atoms with E-state index in [-0.39, 0.29) is 0 Å². The smallest absolute Gasteiger partial charge is 0.0600 e. The fourth-order valence-corrected chi connectivity index (χ4v) is 3.68. The van der Waals surface area contributed by atoms with Crippen molar-refractivity contribution in [3.05, 3.63) is 24.3 Å². The summed E-state index contributed by atoms with van der Waals surface area (Å²) >= 11 is 0. The van der Waals surface area contributed by atoms with Gasteiger partial charge in [-0.25, -0.2) is 0 Å². The number of nitrogens with two attached hydrogens (primary N) is 1. The molecule has 0 atom stereocenters. The van der Waals surface area contributed by atoms with E-state index in [1.54, 1.807) is 0 Å². The molecule has 1 saturated carbocycles. The van der Waals surface area contributed by atoms with Gasteiger partial charge in [0, 0.05) is 32.7 Å². The molecule has 3 heteroatoms. The summed E-state index contributed by atoms with van der Waals surface area (Å²) < 4.78 is 0. The fourth-order valence-electron chi connectivity index (χ4n) is 3.68. The number of hydrogen-bond donors (Lipinski definition) is 1. The van der Waals surface area contributed by atoms with Crippen molar-refractivity contribution < 1.29 is 0 Å². The molecule has 2 fully saturated rings. The monoisotopic (exact) mass is 273 g/mol. The van der Waals surface area contributed by atoms with Gasteiger partial charge >= 0.3 is 0 Å². The van der Waals surface area contributed by atoms with Gasteiger partial charge in [-0.15, -0.1) is 0 Å². The lowest BCUT2D eigenvalue weighted by Crippen LogP contribution is -2.48. The van der Waals surface area contributed by atoms with E-state index in [4.69, 9.17) is 5.73 Å². The third-order valence-electron chi connectivity index (χ3n) is 4.89. The Bertz CT molecular complexity index is 418. The molecule has 1 saturated heterocycles. The van der Waals surface area contributed by atoms with Crippen molar-refractivity contribution >= 4 is 11.4 Å². The van der Waals surface area contributed by atoms with Crippen molar-refractivity contribution in [1.82, 2.24) is 4.90 Å². The Morgan fingerprint density at radius 3 is 2.35 bits per heavy atom. The van der Waals surface area contributed by atoms with E-state index in [2.05, 4.69) is 21.9 Å². The van der Waals surface area contributed by atoms with Crippen LogP contribution in [-0.2, 0) is 0 Å². The second-order valence-electron chi connectivity index (χ2n) is 6.35. The lowest BCUT2D eigenvalue weighted by molar-refractivity contribution is 0.192. The van der Waals surface area contributed by atoms with Gasteiger partial charge < -0.3 is 10.6 Å². The van der Waals surface area contributed by atoms with E-state index in [0.29, 0.717) is 0 Å². The molecule has 1 aromatic rings. The molecule has 20 heavy (non-hydrogen) atoms. The Morgan fingerprint density at radius 2 is 1.65 bits per heavy atom. The van der Waals surface area contributed by atoms with Gasteiger partial charge in [0.25, 0.3) is 0 Å². The lowest BCUT2D eigenvalue weighted by Gasteiger charge is -2.38. The number of nitrogens with zero attached hydrogens (tertiary/aromatic N) is 2. The summed E-state index contributed by atoms with van der Waals surface area (Å²) in [7, 11) is 0. The van der Waals surface area contributed by atoms with Crippen LogP contribution in [0.15, 0.2) is 24.3 Å². The molecule has 0 aromatic heterocycles. The van der Waals surface area contributed by atoms with Gasteiger partial charge in [0.1, 0.15) is 0 Å². The number of benzene rings is 1. The maximum atomic E-state index is 6.08. The molecule has 2 N–H and O–H groups in total. The summed E-state index contributed by atoms with van der Waals surface area (Å²) in [5.41, 5.74) is 8.20. The standard InChI is InChI=1S/C17H27N3/c18-16-8-4-5-9-17(16)20-12-10-19(11-13-20)14-15-6-2-1-3-7-15/h4-5,8-9,15H,1-3,6-7,10-14,18H2. The van der Waals surface area contributed by atoms with E-state index in [0.717, 1.165) is 24.7 Å². The molecule has 0 amide bonds. The summed E-state index contributed by atoms with van der Waals surface area (Å²) in [6.45, 7) is 5.91. The predicted molar refractivity (Wildman–Crippen MR) is 86.1 cm³/mol. The highest BCUT2D eigenvalue weighted by atomic mass is 15.3. The second-order valence-corrected chi connectivity index (χ2v) is 6.35. The van der Waals surface area contributed by atoms with E-state index >= 15 is 0 Å². The summed E-state index contributed by atoms with van der Waals surface area (Å²) in [6.07, 6.45) is 7.26. The third kappa shape index (κ3) is 3.26. The van der Waals surface area contributed by atoms with Crippen LogP contribution in [-0.4, -0.2) is 37.6 Å². The first-order chi connectivity index (χ1) is 9.83. The molecule has 1 aromatic carbocycles. The molecule has 1 aliphatic carbocycles. The van der Waals surface area contributed by atoms with Gasteiger partial charge in [-0.1, -0.05) is 31.4 Å². The van der Waals surface area contributed by atoms with Crippen molar-refractivity contribution in [1.29, 1.82) is 0 Å². The van der Waals surface area contributed by atoms with E-state index < -0.39 is 0 Å². The SMILES string of the molecule is Nc1ccccc1N1CCN(CC2CCCCC2)CC1. The minimum Gasteiger partial charge on any atom is -0.397 e. The van der Waals surface area contributed by atoms with Crippen LogP contribution < -0.4 is 10.6 Å². The minimum atomic E-state index is 0.910. The van der Waals surface area contributed by atoms with Crippen LogP contribution in [0.3, 0.4) is 0 Å². The number of piperazine rings is 1. The van der Waals surface area contributed by atoms with Crippen LogP contribution in [0.2, 0.25) is 0 Å². The number of rotatable bonds is 3. The van der Waals surface area contributed by atoms with Crippen molar-refractivity contribution in [3.8, 4) is 0 Å². The van der Waals surface area contributed by atoms with E-state index in [1.807, 2.05) is 12.1 Å². The molecule has 2 aliphatic rings. The molecule has 0 bridgehead atoms. The molecule has 1 heterocycles. The van der Waals surface area contributed by atoms with Gasteiger partial charge in [-0.3, -0.25) is 4.90 Å². The van der Waals surface area contributed by atoms with Gasteiger partial charge in [-0.2, -0.15) is 0 Å². The first-order valence-electron chi connectivity index (χ1n) is 8.15. The number of anilines is 2. The Labute approximate surface area is 122 Å². The van der Waals surface area contributed by atoms with Crippen LogP contribution in [0.25, 0.3) is 0 Å². The molecule has 0 unspecified atom stereocenters. The molecular formula is C17H27N3. The Hall–Kier alpha value is -1.22. The Morgan fingerprint density at radius 1 is 0.950 bits per heavy atom. The summed E-state index contributed by atoms with van der Waals surface area (Å²) in [5.74, 6) is 0.956. The van der Waals surface area contributed by atoms with Crippen LogP contribution in [0, 0.1) is 5.92 Å². The Balaban J connectivity index is 1.50. The number of hydrogen-bond acceptors (Lipinski definition) is 3. The second kappa shape index (κ2) is 6.49. The zero-order valence-electron chi connectivity index (χ0n) is 12.4. The largest absolute Gasteiger partial charge is 0.397 e. The fraction of sp³-hybridized carbons (Fsp3) is 0.647. The highest BCUT2D eigenvalue weighted by molar-refractivity contribution is 5.67. The van der Waals surface area contributed by atoms with Crippen molar-refractivity contribution in [2.24, 2.45) is 5.92 Å². The molecular weight excluding hydrogens is 246 g/mol. The summed E-state index contributed by atoms with van der Waals surface area (Å²) in [6, 6.07) is 8.24. The molecule has 1 aliphatic heterocycles. The normalized spacial score (nSPS) is 22.1. The summed E-state index contributed by atoms with van der Waals surface area (Å²) in [5, 5.41) is 0. The molecule has 0 spiro atoms. The van der Waals surface area contributed by atoms with Crippen LogP contribution in [0.4, 0.5) is 11.4 Å². The van der Waals surface area contributed by atoms with Crippen LogP contribution in [0.5, 0.6) is 0 Å². The first-order valence-corrected chi connectivity index (χ1v) is 8.15. The first kappa shape index (κ1) is 13.7. The van der Waals surface area contributed by atoms with Crippen LogP contribution >= 0.6 is 0 Å². The molecule has 3 nitrogen and oxygen atoms in total. The topological polar surface area (TPSA) is 32.5 Å². The predicted octanol–water partition coefficient (Wildman–Crippen LogP) is 2.97. The van der Waals surface area contributed by atoms with E-state index in [1.165, 1.54) is 57.4 Å². The van der Waals surface area contributed by atoms with Gasteiger partial charge in [-0.05, 0) is 30.9 Å². The highest BCUT2D eigenvalue weighted by Gasteiger charge is 2.22. The van der Waals surface area contributed by atoms with Gasteiger partial charge in [0.2, 0.25) is 0 Å². The zero-order valence-corrected chi connectivity index (χ0v) is 12.4. The zero-order chi connectivity index (χ0) is 13.8. The maximum absolute atomic E-state index is 6.08. The lowest BCUT2D eigenvalue weighted by atomic mass is 9.89. The number of nitrogen functional groups attached to an aromatic ring is 1. The van der Waals surface area contributed by atoms with Gasteiger partial charge in [0.05, 0.1) is 11.4 Å². The van der Waals surface area contributed by atoms with Crippen molar-refractivity contribution in [3.63, 3.8) is 0 Å². The Kier molecular flexibility index (Phi) is 4.46. The molecule has 110 valence electrons. The van der Waals surface area contributed by atoms with E-state index in [9.17, 15) is 0 Å². The van der Waals surface area contributed by atoms with Crippen LogP contribution in [0.1, 0.15) is 32.1 Å².